The second-order valence-corrected chi connectivity index (χ2v) is 10.7. The molecule has 0 radical (unpaired) electrons. The van der Waals surface area contributed by atoms with Crippen LogP contribution in [0.5, 0.6) is 5.75 Å². The second-order valence-electron chi connectivity index (χ2n) is 7.64. The van der Waals surface area contributed by atoms with Crippen molar-refractivity contribution in [3.8, 4) is 16.9 Å². The zero-order valence-electron chi connectivity index (χ0n) is 18.9. The molecule has 3 aromatic carbocycles. The van der Waals surface area contributed by atoms with Gasteiger partial charge in [-0.1, -0.05) is 42.5 Å². The summed E-state index contributed by atoms with van der Waals surface area (Å²) < 4.78 is 32.2. The summed E-state index contributed by atoms with van der Waals surface area (Å²) in [4.78, 5) is 12.8. The third-order valence-corrected chi connectivity index (χ3v) is 8.40. The maximum Gasteiger partial charge on any atom is 0.322 e. The molecule has 2 N–H and O–H groups in total. The zero-order valence-corrected chi connectivity index (χ0v) is 20.5. The lowest BCUT2D eigenvalue weighted by atomic mass is 10.1. The fourth-order valence-electron chi connectivity index (χ4n) is 3.38. The Morgan fingerprint density at radius 3 is 2.06 bits per heavy atom. The molecule has 0 fully saturated rings. The molecule has 0 aliphatic rings. The third kappa shape index (κ3) is 6.38. The Morgan fingerprint density at radius 2 is 1.53 bits per heavy atom. The van der Waals surface area contributed by atoms with Crippen molar-refractivity contribution < 1.29 is 28.2 Å². The van der Waals surface area contributed by atoms with Crippen molar-refractivity contribution in [3.05, 3.63) is 78.9 Å². The molecular weight excluding hydrogens is 474 g/mol. The van der Waals surface area contributed by atoms with E-state index in [1.54, 1.807) is 19.2 Å². The Kier molecular flexibility index (Phi) is 8.73. The highest BCUT2D eigenvalue weighted by Crippen LogP contribution is 2.26. The van der Waals surface area contributed by atoms with Crippen LogP contribution in [0.2, 0.25) is 0 Å². The summed E-state index contributed by atoms with van der Waals surface area (Å²) in [5, 5.41) is 20.1. The molecule has 9 heteroatoms. The summed E-state index contributed by atoms with van der Waals surface area (Å²) in [6.45, 7) is 0. The molecular formula is C25H27NO6S2. The van der Waals surface area contributed by atoms with Gasteiger partial charge in [0.05, 0.1) is 18.1 Å². The SMILES string of the molecule is COc1ccc(-c2ccc(S(=O)(=O)N(C)C(CC(O)CSc3ccccc3)C(=O)O)cc2)cc1. The number of carbonyl (C=O) groups is 1. The van der Waals surface area contributed by atoms with Gasteiger partial charge in [-0.15, -0.1) is 11.8 Å². The van der Waals surface area contributed by atoms with E-state index in [4.69, 9.17) is 4.74 Å². The molecule has 180 valence electrons. The number of aliphatic hydroxyl groups excluding tert-OH is 1. The first kappa shape index (κ1) is 25.8. The highest BCUT2D eigenvalue weighted by molar-refractivity contribution is 7.99. The molecule has 2 unspecified atom stereocenters. The van der Waals surface area contributed by atoms with Crippen molar-refractivity contribution in [3.63, 3.8) is 0 Å². The molecule has 0 aliphatic heterocycles. The number of methoxy groups -OCH3 is 1. The van der Waals surface area contributed by atoms with Gasteiger partial charge in [0.2, 0.25) is 10.0 Å². The van der Waals surface area contributed by atoms with Gasteiger partial charge in [0, 0.05) is 24.1 Å². The molecule has 0 heterocycles. The number of rotatable bonds is 11. The number of carboxylic acid groups (broad SMARTS) is 1. The van der Waals surface area contributed by atoms with Crippen LogP contribution >= 0.6 is 11.8 Å². The zero-order chi connectivity index (χ0) is 24.7. The van der Waals surface area contributed by atoms with Crippen LogP contribution in [0.1, 0.15) is 6.42 Å². The van der Waals surface area contributed by atoms with Gasteiger partial charge in [-0.3, -0.25) is 4.79 Å². The smallest absolute Gasteiger partial charge is 0.322 e. The van der Waals surface area contributed by atoms with Gasteiger partial charge < -0.3 is 14.9 Å². The van der Waals surface area contributed by atoms with Crippen LogP contribution in [0.25, 0.3) is 11.1 Å². The summed E-state index contributed by atoms with van der Waals surface area (Å²) in [5.41, 5.74) is 1.70. The van der Waals surface area contributed by atoms with E-state index in [0.717, 1.165) is 20.3 Å². The van der Waals surface area contributed by atoms with E-state index in [-0.39, 0.29) is 17.1 Å². The lowest BCUT2D eigenvalue weighted by Gasteiger charge is -2.26. The molecule has 0 amide bonds. The Morgan fingerprint density at radius 1 is 0.971 bits per heavy atom. The quantitative estimate of drug-likeness (QED) is 0.383. The van der Waals surface area contributed by atoms with Gasteiger partial charge in [-0.25, -0.2) is 8.42 Å². The third-order valence-electron chi connectivity index (χ3n) is 5.36. The van der Waals surface area contributed by atoms with E-state index in [0.29, 0.717) is 5.75 Å². The fourth-order valence-corrected chi connectivity index (χ4v) is 5.57. The van der Waals surface area contributed by atoms with Crippen LogP contribution in [0, 0.1) is 0 Å². The van der Waals surface area contributed by atoms with Crippen molar-refractivity contribution in [1.29, 1.82) is 0 Å². The highest BCUT2D eigenvalue weighted by Gasteiger charge is 2.34. The van der Waals surface area contributed by atoms with E-state index in [1.807, 2.05) is 54.6 Å². The Bertz CT molecular complexity index is 1180. The summed E-state index contributed by atoms with van der Waals surface area (Å²) in [6, 6.07) is 21.6. The van der Waals surface area contributed by atoms with Crippen molar-refractivity contribution in [2.75, 3.05) is 19.9 Å². The maximum absolute atomic E-state index is 13.1. The average molecular weight is 502 g/mol. The summed E-state index contributed by atoms with van der Waals surface area (Å²) in [6.07, 6.45) is -1.23. The number of sulfonamides is 1. The number of nitrogens with zero attached hydrogens (tertiary/aromatic N) is 1. The topological polar surface area (TPSA) is 104 Å². The molecule has 0 aromatic heterocycles. The summed E-state index contributed by atoms with van der Waals surface area (Å²) >= 11 is 1.38. The van der Waals surface area contributed by atoms with Crippen LogP contribution in [0.15, 0.2) is 88.7 Å². The van der Waals surface area contributed by atoms with Crippen LogP contribution in [0.3, 0.4) is 0 Å². The molecule has 7 nitrogen and oxygen atoms in total. The van der Waals surface area contributed by atoms with Gasteiger partial charge in [0.1, 0.15) is 11.8 Å². The number of aliphatic hydroxyl groups is 1. The van der Waals surface area contributed by atoms with E-state index in [9.17, 15) is 23.4 Å². The number of hydrogen-bond donors (Lipinski definition) is 2. The average Bonchev–Trinajstić information content (AvgIpc) is 2.86. The van der Waals surface area contributed by atoms with Gasteiger partial charge in [-0.05, 0) is 47.5 Å². The number of carboxylic acids is 1. The second kappa shape index (κ2) is 11.5. The molecule has 2 atom stereocenters. The van der Waals surface area contributed by atoms with Crippen molar-refractivity contribution >= 4 is 27.8 Å². The Labute approximate surface area is 204 Å². The number of hydrogen-bond acceptors (Lipinski definition) is 6. The van der Waals surface area contributed by atoms with Gasteiger partial charge >= 0.3 is 5.97 Å². The van der Waals surface area contributed by atoms with Crippen molar-refractivity contribution in [1.82, 2.24) is 4.31 Å². The van der Waals surface area contributed by atoms with Crippen LogP contribution in [-0.2, 0) is 14.8 Å². The fraction of sp³-hybridized carbons (Fsp3) is 0.240. The predicted octanol–water partition coefficient (Wildman–Crippen LogP) is 3.98. The monoisotopic (exact) mass is 501 g/mol. The normalized spacial score (nSPS) is 13.4. The first-order valence-electron chi connectivity index (χ1n) is 10.5. The number of ether oxygens (including phenoxy) is 1. The van der Waals surface area contributed by atoms with E-state index >= 15 is 0 Å². The molecule has 3 aromatic rings. The Hall–Kier alpha value is -2.85. The molecule has 0 saturated heterocycles. The number of benzene rings is 3. The van der Waals surface area contributed by atoms with E-state index < -0.39 is 28.1 Å². The van der Waals surface area contributed by atoms with Crippen molar-refractivity contribution in [2.24, 2.45) is 0 Å². The first-order chi connectivity index (χ1) is 16.2. The molecule has 34 heavy (non-hydrogen) atoms. The first-order valence-corrected chi connectivity index (χ1v) is 13.0. The summed E-state index contributed by atoms with van der Waals surface area (Å²) in [7, 11) is -1.29. The molecule has 0 saturated carbocycles. The number of thioether (sulfide) groups is 1. The maximum atomic E-state index is 13.1. The minimum absolute atomic E-state index is 0.0216. The standard InChI is InChI=1S/C25H27NO6S2/c1-26(24(25(28)29)16-20(27)17-33-22-6-4-3-5-7-22)34(30,31)23-14-10-19(11-15-23)18-8-12-21(32-2)13-9-18/h3-15,20,24,27H,16-17H2,1-2H3,(H,28,29). The largest absolute Gasteiger partial charge is 0.497 e. The van der Waals surface area contributed by atoms with Crippen molar-refractivity contribution in [2.45, 2.75) is 28.4 Å². The molecule has 3 rings (SSSR count). The lowest BCUT2D eigenvalue weighted by Crippen LogP contribution is -2.44. The van der Waals surface area contributed by atoms with Gasteiger partial charge in [0.25, 0.3) is 0 Å². The molecule has 0 bridgehead atoms. The lowest BCUT2D eigenvalue weighted by molar-refractivity contribution is -0.142. The van der Waals surface area contributed by atoms with Crippen LogP contribution < -0.4 is 4.74 Å². The number of likely N-dealkylation sites (N-methyl/N-ethyl adjacent to an activating group) is 1. The van der Waals surface area contributed by atoms with Gasteiger partial charge in [-0.2, -0.15) is 4.31 Å². The number of aliphatic carboxylic acids is 1. The minimum atomic E-state index is -4.09. The predicted molar refractivity (Wildman–Crippen MR) is 133 cm³/mol. The molecule has 0 spiro atoms. The molecule has 0 aliphatic carbocycles. The van der Waals surface area contributed by atoms with E-state index in [1.165, 1.54) is 30.9 Å². The van der Waals surface area contributed by atoms with E-state index in [2.05, 4.69) is 0 Å². The Balaban J connectivity index is 1.71. The van der Waals surface area contributed by atoms with Gasteiger partial charge in [0.15, 0.2) is 0 Å². The highest BCUT2D eigenvalue weighted by atomic mass is 32.2. The minimum Gasteiger partial charge on any atom is -0.497 e. The van der Waals surface area contributed by atoms with Crippen LogP contribution in [-0.4, -0.2) is 61.0 Å². The van der Waals surface area contributed by atoms with Crippen LogP contribution in [0.4, 0.5) is 0 Å². The summed E-state index contributed by atoms with van der Waals surface area (Å²) in [5.74, 6) is -0.351.